The van der Waals surface area contributed by atoms with Crippen LogP contribution in [-0.2, 0) is 6.42 Å². The lowest BCUT2D eigenvalue weighted by atomic mass is 9.99. The van der Waals surface area contributed by atoms with E-state index in [1.54, 1.807) is 0 Å². The van der Waals surface area contributed by atoms with Crippen LogP contribution in [0, 0.1) is 48.2 Å². The molecule has 0 unspecified atom stereocenters. The first-order chi connectivity index (χ1) is 8.90. The maximum absolute atomic E-state index is 13.6. The Morgan fingerprint density at radius 1 is 0.789 bits per heavy atom. The van der Waals surface area contributed by atoms with Gasteiger partial charge in [0.2, 0.25) is 0 Å². The zero-order valence-corrected chi connectivity index (χ0v) is 9.34. The summed E-state index contributed by atoms with van der Waals surface area (Å²) in [6, 6.07) is 0.596. The lowest BCUT2D eigenvalue weighted by molar-refractivity contribution is 0.414. The second kappa shape index (κ2) is 4.75. The fourth-order valence-electron chi connectivity index (χ4n) is 1.86. The molecule has 0 fully saturated rings. The Morgan fingerprint density at radius 2 is 1.32 bits per heavy atom. The summed E-state index contributed by atoms with van der Waals surface area (Å²) in [6.45, 7) is 3.31. The number of benzene rings is 2. The fraction of sp³-hybridized carbons (Fsp3) is 0.0769. The van der Waals surface area contributed by atoms with Crippen molar-refractivity contribution in [3.05, 3.63) is 59.9 Å². The van der Waals surface area contributed by atoms with Crippen molar-refractivity contribution in [2.45, 2.75) is 6.42 Å². The quantitative estimate of drug-likeness (QED) is 0.437. The number of fused-ring (bicyclic) bond motifs is 1. The van der Waals surface area contributed by atoms with Crippen LogP contribution < -0.4 is 0 Å². The molecule has 0 heterocycles. The number of rotatable bonds is 2. The summed E-state index contributed by atoms with van der Waals surface area (Å²) in [4.78, 5) is 0. The van der Waals surface area contributed by atoms with Gasteiger partial charge in [-0.3, -0.25) is 0 Å². The average molecular weight is 276 g/mol. The third kappa shape index (κ3) is 1.95. The summed E-state index contributed by atoms with van der Waals surface area (Å²) in [6.07, 6.45) is 1.06. The molecule has 0 atom stereocenters. The highest BCUT2D eigenvalue weighted by molar-refractivity contribution is 5.88. The molecule has 0 aromatic heterocycles. The molecule has 0 bridgehead atoms. The van der Waals surface area contributed by atoms with Crippen molar-refractivity contribution >= 4 is 10.8 Å². The van der Waals surface area contributed by atoms with E-state index in [2.05, 4.69) is 6.92 Å². The van der Waals surface area contributed by atoms with E-state index in [1.165, 1.54) is 6.42 Å². The van der Waals surface area contributed by atoms with Gasteiger partial charge in [-0.15, -0.1) is 0 Å². The monoisotopic (exact) mass is 276 g/mol. The number of hydrogen-bond acceptors (Lipinski definition) is 0. The van der Waals surface area contributed by atoms with E-state index in [9.17, 15) is 26.3 Å². The van der Waals surface area contributed by atoms with Gasteiger partial charge >= 0.3 is 0 Å². The smallest absolute Gasteiger partial charge is 0.198 e. The summed E-state index contributed by atoms with van der Waals surface area (Å²) < 4.78 is 80.0. The van der Waals surface area contributed by atoms with E-state index < -0.39 is 45.7 Å². The van der Waals surface area contributed by atoms with Crippen molar-refractivity contribution in [2.75, 3.05) is 0 Å². The van der Waals surface area contributed by atoms with Gasteiger partial charge in [0.15, 0.2) is 34.9 Å². The highest BCUT2D eigenvalue weighted by atomic mass is 19.2. The minimum Gasteiger partial charge on any atom is -0.204 e. The van der Waals surface area contributed by atoms with E-state index in [0.717, 1.165) is 0 Å². The summed E-state index contributed by atoms with van der Waals surface area (Å²) in [5.74, 6) is -11.2. The molecule has 2 aromatic carbocycles. The Morgan fingerprint density at radius 3 is 1.84 bits per heavy atom. The molecular formula is C13H6F6. The minimum atomic E-state index is -2.18. The van der Waals surface area contributed by atoms with Crippen molar-refractivity contribution < 1.29 is 26.3 Å². The van der Waals surface area contributed by atoms with Gasteiger partial charge in [0.05, 0.1) is 5.39 Å². The van der Waals surface area contributed by atoms with Crippen molar-refractivity contribution in [3.8, 4) is 0 Å². The molecule has 19 heavy (non-hydrogen) atoms. The second-order valence-electron chi connectivity index (χ2n) is 3.83. The SMILES string of the molecule is [CH2][CH]Cc1cc(F)c(F)c2c(F)c(F)c(F)c(F)c12. The summed E-state index contributed by atoms with van der Waals surface area (Å²) >= 11 is 0. The Hall–Kier alpha value is -1.72. The van der Waals surface area contributed by atoms with Gasteiger partial charge in [-0.05, 0) is 31.4 Å². The first-order valence-electron chi connectivity index (χ1n) is 5.13. The molecule has 0 aliphatic carbocycles. The molecule has 0 N–H and O–H groups in total. The Kier molecular flexibility index (Phi) is 3.43. The van der Waals surface area contributed by atoms with Crippen LogP contribution in [0.15, 0.2) is 6.07 Å². The van der Waals surface area contributed by atoms with Crippen LogP contribution in [0.25, 0.3) is 10.8 Å². The van der Waals surface area contributed by atoms with E-state index in [1.807, 2.05) is 0 Å². The number of halogens is 6. The van der Waals surface area contributed by atoms with Gasteiger partial charge in [-0.25, -0.2) is 26.3 Å². The van der Waals surface area contributed by atoms with Crippen LogP contribution in [0.3, 0.4) is 0 Å². The highest BCUT2D eigenvalue weighted by Gasteiger charge is 2.26. The summed E-state index contributed by atoms with van der Waals surface area (Å²) in [7, 11) is 0. The maximum Gasteiger partial charge on any atom is 0.198 e. The van der Waals surface area contributed by atoms with Gasteiger partial charge in [-0.1, -0.05) is 0 Å². The van der Waals surface area contributed by atoms with E-state index in [0.29, 0.717) is 6.07 Å². The van der Waals surface area contributed by atoms with Crippen molar-refractivity contribution in [1.82, 2.24) is 0 Å². The van der Waals surface area contributed by atoms with Gasteiger partial charge < -0.3 is 0 Å². The highest BCUT2D eigenvalue weighted by Crippen LogP contribution is 2.33. The molecule has 0 amide bonds. The van der Waals surface area contributed by atoms with Crippen molar-refractivity contribution in [2.24, 2.45) is 0 Å². The standard InChI is InChI=1S/C13H6F6/c1-2-3-5-4-6(14)9(15)8-7(5)10(16)12(18)13(19)11(8)17/h2,4H,1,3H2. The molecule has 6 heteroatoms. The molecular weight excluding hydrogens is 270 g/mol. The summed E-state index contributed by atoms with van der Waals surface area (Å²) in [5, 5.41) is -2.07. The van der Waals surface area contributed by atoms with Crippen LogP contribution in [0.2, 0.25) is 0 Å². The molecule has 0 saturated heterocycles. The van der Waals surface area contributed by atoms with Crippen molar-refractivity contribution in [1.29, 1.82) is 0 Å². The lowest BCUT2D eigenvalue weighted by Crippen LogP contribution is -2.04. The molecule has 2 rings (SSSR count). The molecule has 0 saturated carbocycles. The molecule has 2 radical (unpaired) electrons. The fourth-order valence-corrected chi connectivity index (χ4v) is 1.86. The Balaban J connectivity index is 3.05. The second-order valence-corrected chi connectivity index (χ2v) is 3.83. The summed E-state index contributed by atoms with van der Waals surface area (Å²) in [5.41, 5.74) is -0.223. The maximum atomic E-state index is 13.6. The molecule has 0 nitrogen and oxygen atoms in total. The molecule has 0 aliphatic heterocycles. The van der Waals surface area contributed by atoms with Gasteiger partial charge in [0.25, 0.3) is 0 Å². The zero-order valence-electron chi connectivity index (χ0n) is 9.34. The van der Waals surface area contributed by atoms with Crippen molar-refractivity contribution in [3.63, 3.8) is 0 Å². The van der Waals surface area contributed by atoms with Crippen LogP contribution in [0.1, 0.15) is 5.56 Å². The third-order valence-corrected chi connectivity index (χ3v) is 2.68. The molecule has 0 spiro atoms. The predicted molar refractivity (Wildman–Crippen MR) is 57.1 cm³/mol. The lowest BCUT2D eigenvalue weighted by Gasteiger charge is -2.11. The molecule has 100 valence electrons. The topological polar surface area (TPSA) is 0 Å². The van der Waals surface area contributed by atoms with Gasteiger partial charge in [0, 0.05) is 5.39 Å². The van der Waals surface area contributed by atoms with E-state index >= 15 is 0 Å². The normalized spacial score (nSPS) is 11.3. The molecule has 2 aromatic rings. The Labute approximate surface area is 104 Å². The molecule has 0 aliphatic rings. The largest absolute Gasteiger partial charge is 0.204 e. The average Bonchev–Trinajstić information content (AvgIpc) is 2.38. The predicted octanol–water partition coefficient (Wildman–Crippen LogP) is 4.26. The Bertz CT molecular complexity index is 662. The minimum absolute atomic E-state index is 0.158. The van der Waals surface area contributed by atoms with Crippen LogP contribution >= 0.6 is 0 Å². The number of hydrogen-bond donors (Lipinski definition) is 0. The third-order valence-electron chi connectivity index (χ3n) is 2.68. The van der Waals surface area contributed by atoms with E-state index in [4.69, 9.17) is 0 Å². The zero-order chi connectivity index (χ0) is 14.3. The van der Waals surface area contributed by atoms with E-state index in [-0.39, 0.29) is 12.0 Å². The van der Waals surface area contributed by atoms with Crippen LogP contribution in [0.4, 0.5) is 26.3 Å². The van der Waals surface area contributed by atoms with Crippen LogP contribution in [0.5, 0.6) is 0 Å². The first-order valence-corrected chi connectivity index (χ1v) is 5.13. The first kappa shape index (κ1) is 13.7. The van der Waals surface area contributed by atoms with Crippen LogP contribution in [-0.4, -0.2) is 0 Å². The van der Waals surface area contributed by atoms with Gasteiger partial charge in [-0.2, -0.15) is 0 Å². The van der Waals surface area contributed by atoms with Gasteiger partial charge in [0.1, 0.15) is 0 Å².